The van der Waals surface area contributed by atoms with Gasteiger partial charge < -0.3 is 10.1 Å². The summed E-state index contributed by atoms with van der Waals surface area (Å²) in [5.74, 6) is 0.204. The second-order valence-electron chi connectivity index (χ2n) is 7.51. The molecule has 0 saturated carbocycles. The fourth-order valence-electron chi connectivity index (χ4n) is 3.78. The van der Waals surface area contributed by atoms with Gasteiger partial charge in [0.1, 0.15) is 5.75 Å². The highest BCUT2D eigenvalue weighted by Gasteiger charge is 2.32. The van der Waals surface area contributed by atoms with Crippen molar-refractivity contribution in [2.75, 3.05) is 12.4 Å². The van der Waals surface area contributed by atoms with Gasteiger partial charge in [0.05, 0.1) is 29.1 Å². The van der Waals surface area contributed by atoms with E-state index < -0.39 is 12.0 Å². The molecule has 0 aliphatic carbocycles. The number of hydrogen-bond acceptors (Lipinski definition) is 4. The molecule has 4 aromatic rings. The predicted molar refractivity (Wildman–Crippen MR) is 134 cm³/mol. The maximum Gasteiger partial charge on any atom is 0.172 e. The molecule has 0 fully saturated rings. The number of pyridine rings is 1. The maximum absolute atomic E-state index is 13.9. The van der Waals surface area contributed by atoms with Gasteiger partial charge in [0.2, 0.25) is 0 Å². The van der Waals surface area contributed by atoms with Crippen LogP contribution in [0.2, 0.25) is 10.0 Å². The Morgan fingerprint density at radius 3 is 2.18 bits per heavy atom. The van der Waals surface area contributed by atoms with Gasteiger partial charge in [-0.3, -0.25) is 9.78 Å². The Kier molecular flexibility index (Phi) is 7.28. The van der Waals surface area contributed by atoms with Gasteiger partial charge in [-0.2, -0.15) is 0 Å². The molecule has 6 heteroatoms. The van der Waals surface area contributed by atoms with Crippen LogP contribution in [0.5, 0.6) is 5.75 Å². The van der Waals surface area contributed by atoms with Crippen molar-refractivity contribution in [1.29, 1.82) is 0 Å². The lowest BCUT2D eigenvalue weighted by atomic mass is 9.81. The third-order valence-electron chi connectivity index (χ3n) is 5.46. The summed E-state index contributed by atoms with van der Waals surface area (Å²) in [6, 6.07) is 25.7. The highest BCUT2D eigenvalue weighted by Crippen LogP contribution is 2.38. The van der Waals surface area contributed by atoms with Crippen molar-refractivity contribution in [2.45, 2.75) is 12.0 Å². The standard InChI is InChI=1S/C27H22Cl2N2O2/c1-33-22-10-7-19(8-11-22)26(31-21-9-12-23(28)24(29)17-21)25(18-13-15-30-16-14-18)27(32)20-5-3-2-4-6-20/h2-17,25-26,31H,1H3. The number of ether oxygens (including phenoxy) is 1. The summed E-state index contributed by atoms with van der Waals surface area (Å²) in [5, 5.41) is 4.43. The molecular formula is C27H22Cl2N2O2. The molecule has 2 unspecified atom stereocenters. The number of aromatic nitrogens is 1. The van der Waals surface area contributed by atoms with E-state index >= 15 is 0 Å². The average molecular weight is 477 g/mol. The van der Waals surface area contributed by atoms with Gasteiger partial charge >= 0.3 is 0 Å². The van der Waals surface area contributed by atoms with Crippen LogP contribution in [-0.2, 0) is 0 Å². The van der Waals surface area contributed by atoms with Gasteiger partial charge in [-0.1, -0.05) is 65.7 Å². The summed E-state index contributed by atoms with van der Waals surface area (Å²) >= 11 is 12.4. The molecule has 0 saturated heterocycles. The van der Waals surface area contributed by atoms with Crippen LogP contribution < -0.4 is 10.1 Å². The first-order valence-corrected chi connectivity index (χ1v) is 11.2. The molecule has 0 aliphatic heterocycles. The number of methoxy groups -OCH3 is 1. The zero-order valence-electron chi connectivity index (χ0n) is 17.9. The van der Waals surface area contributed by atoms with Crippen LogP contribution in [0.3, 0.4) is 0 Å². The van der Waals surface area contributed by atoms with Crippen molar-refractivity contribution in [2.24, 2.45) is 0 Å². The fourth-order valence-corrected chi connectivity index (χ4v) is 4.08. The zero-order valence-corrected chi connectivity index (χ0v) is 19.4. The normalized spacial score (nSPS) is 12.6. The fraction of sp³-hybridized carbons (Fsp3) is 0.111. The number of carbonyl (C=O) groups is 1. The summed E-state index contributed by atoms with van der Waals surface area (Å²) in [4.78, 5) is 18.0. The second kappa shape index (κ2) is 10.5. The first-order valence-electron chi connectivity index (χ1n) is 10.4. The summed E-state index contributed by atoms with van der Waals surface area (Å²) < 4.78 is 5.33. The lowest BCUT2D eigenvalue weighted by Gasteiger charge is -2.29. The van der Waals surface area contributed by atoms with Crippen LogP contribution in [0, 0.1) is 0 Å². The van der Waals surface area contributed by atoms with Crippen molar-refractivity contribution in [3.05, 3.63) is 124 Å². The van der Waals surface area contributed by atoms with Gasteiger partial charge in [-0.15, -0.1) is 0 Å². The molecule has 0 amide bonds. The van der Waals surface area contributed by atoms with E-state index in [1.54, 1.807) is 31.6 Å². The van der Waals surface area contributed by atoms with Gasteiger partial charge in [0.25, 0.3) is 0 Å². The Bertz CT molecular complexity index is 1220. The van der Waals surface area contributed by atoms with E-state index in [-0.39, 0.29) is 5.78 Å². The smallest absolute Gasteiger partial charge is 0.172 e. The Labute approximate surface area is 203 Å². The maximum atomic E-state index is 13.9. The van der Waals surface area contributed by atoms with Crippen molar-refractivity contribution >= 4 is 34.7 Å². The van der Waals surface area contributed by atoms with E-state index in [2.05, 4.69) is 10.3 Å². The monoisotopic (exact) mass is 476 g/mol. The van der Waals surface area contributed by atoms with Crippen LogP contribution in [0.1, 0.15) is 33.4 Å². The molecular weight excluding hydrogens is 455 g/mol. The van der Waals surface area contributed by atoms with E-state index in [4.69, 9.17) is 27.9 Å². The van der Waals surface area contributed by atoms with E-state index in [0.717, 1.165) is 22.6 Å². The zero-order chi connectivity index (χ0) is 23.2. The van der Waals surface area contributed by atoms with Gasteiger partial charge in [0.15, 0.2) is 5.78 Å². The van der Waals surface area contributed by atoms with E-state index in [9.17, 15) is 4.79 Å². The molecule has 3 aromatic carbocycles. The van der Waals surface area contributed by atoms with Gasteiger partial charge in [-0.25, -0.2) is 0 Å². The molecule has 33 heavy (non-hydrogen) atoms. The molecule has 1 N–H and O–H groups in total. The minimum atomic E-state index is -0.529. The highest BCUT2D eigenvalue weighted by molar-refractivity contribution is 6.42. The first-order chi connectivity index (χ1) is 16.1. The molecule has 4 rings (SSSR count). The number of anilines is 1. The summed E-state index contributed by atoms with van der Waals surface area (Å²) in [5.41, 5.74) is 3.17. The van der Waals surface area contributed by atoms with Crippen LogP contribution in [0.15, 0.2) is 97.3 Å². The highest BCUT2D eigenvalue weighted by atomic mass is 35.5. The number of rotatable bonds is 8. The lowest BCUT2D eigenvalue weighted by molar-refractivity contribution is 0.0950. The van der Waals surface area contributed by atoms with Crippen molar-refractivity contribution in [3.63, 3.8) is 0 Å². The first kappa shape index (κ1) is 22.8. The minimum absolute atomic E-state index is 0.00446. The van der Waals surface area contributed by atoms with E-state index in [0.29, 0.717) is 15.6 Å². The predicted octanol–water partition coefficient (Wildman–Crippen LogP) is 7.22. The van der Waals surface area contributed by atoms with Crippen LogP contribution in [-0.4, -0.2) is 17.9 Å². The number of ketones is 1. The van der Waals surface area contributed by atoms with Gasteiger partial charge in [0, 0.05) is 23.6 Å². The number of carbonyl (C=O) groups excluding carboxylic acids is 1. The van der Waals surface area contributed by atoms with Crippen molar-refractivity contribution in [3.8, 4) is 5.75 Å². The van der Waals surface area contributed by atoms with Crippen LogP contribution >= 0.6 is 23.2 Å². The quantitative estimate of drug-likeness (QED) is 0.272. The molecule has 0 aliphatic rings. The Morgan fingerprint density at radius 2 is 1.55 bits per heavy atom. The lowest BCUT2D eigenvalue weighted by Crippen LogP contribution is -2.26. The molecule has 166 valence electrons. The molecule has 1 heterocycles. The summed E-state index contributed by atoms with van der Waals surface area (Å²) in [6.07, 6.45) is 3.40. The number of benzene rings is 3. The Morgan fingerprint density at radius 1 is 0.848 bits per heavy atom. The molecule has 2 atom stereocenters. The average Bonchev–Trinajstić information content (AvgIpc) is 2.87. The molecule has 0 spiro atoms. The van der Waals surface area contributed by atoms with E-state index in [1.165, 1.54) is 0 Å². The van der Waals surface area contributed by atoms with Crippen molar-refractivity contribution < 1.29 is 9.53 Å². The minimum Gasteiger partial charge on any atom is -0.497 e. The number of hydrogen-bond donors (Lipinski definition) is 1. The molecule has 4 nitrogen and oxygen atoms in total. The summed E-state index contributed by atoms with van der Waals surface area (Å²) in [7, 11) is 1.62. The van der Waals surface area contributed by atoms with Crippen LogP contribution in [0.4, 0.5) is 5.69 Å². The van der Waals surface area contributed by atoms with Crippen molar-refractivity contribution in [1.82, 2.24) is 4.98 Å². The number of nitrogens with one attached hydrogen (secondary N) is 1. The Balaban J connectivity index is 1.84. The second-order valence-corrected chi connectivity index (χ2v) is 8.33. The third-order valence-corrected chi connectivity index (χ3v) is 6.20. The molecule has 0 bridgehead atoms. The third kappa shape index (κ3) is 5.36. The number of Topliss-reactive ketones (excluding diaryl/α,β-unsaturated/α-hetero) is 1. The SMILES string of the molecule is COc1ccc(C(Nc2ccc(Cl)c(Cl)c2)C(C(=O)c2ccccc2)c2ccncc2)cc1. The largest absolute Gasteiger partial charge is 0.497 e. The van der Waals surface area contributed by atoms with Gasteiger partial charge in [-0.05, 0) is 53.6 Å². The summed E-state index contributed by atoms with van der Waals surface area (Å²) in [6.45, 7) is 0. The number of nitrogens with zero attached hydrogens (tertiary/aromatic N) is 1. The molecule has 0 radical (unpaired) electrons. The number of halogens is 2. The van der Waals surface area contributed by atoms with Crippen LogP contribution in [0.25, 0.3) is 0 Å². The Hall–Kier alpha value is -3.34. The van der Waals surface area contributed by atoms with E-state index in [1.807, 2.05) is 72.8 Å². The topological polar surface area (TPSA) is 51.2 Å². The molecule has 1 aromatic heterocycles.